The lowest BCUT2D eigenvalue weighted by molar-refractivity contribution is 1.11. The summed E-state index contributed by atoms with van der Waals surface area (Å²) in [7, 11) is 1.50. The summed E-state index contributed by atoms with van der Waals surface area (Å²) in [4.78, 5) is 0. The van der Waals surface area contributed by atoms with Gasteiger partial charge in [0.05, 0.1) is 0 Å². The average Bonchev–Trinajstić information content (AvgIpc) is 2.30. The Morgan fingerprint density at radius 3 is 1.08 bits per heavy atom. The highest BCUT2D eigenvalue weighted by molar-refractivity contribution is 7.98. The van der Waals surface area contributed by atoms with Gasteiger partial charge in [-0.25, -0.2) is 0 Å². The van der Waals surface area contributed by atoms with Gasteiger partial charge in [-0.1, -0.05) is 48.5 Å². The molecule has 0 rings (SSSR count). The van der Waals surface area contributed by atoms with E-state index in [1.165, 1.54) is 19.2 Å². The summed E-state index contributed by atoms with van der Waals surface area (Å²) < 4.78 is 0. The Balaban J connectivity index is -0.0000000230. The van der Waals surface area contributed by atoms with Gasteiger partial charge in [-0.3, -0.25) is 0 Å². The third-order valence-electron chi connectivity index (χ3n) is 0.408. The van der Waals surface area contributed by atoms with Crippen molar-refractivity contribution in [2.24, 2.45) is 5.73 Å². The molecule has 0 spiro atoms. The molecule has 88 valence electrons. The van der Waals surface area contributed by atoms with Crippen molar-refractivity contribution in [1.29, 1.82) is 0 Å². The third kappa shape index (κ3) is 245. The Morgan fingerprint density at radius 1 is 0.846 bits per heavy atom. The van der Waals surface area contributed by atoms with Crippen LogP contribution in [0.3, 0.4) is 0 Å². The molecule has 0 bridgehead atoms. The van der Waals surface area contributed by atoms with Crippen LogP contribution < -0.4 is 5.73 Å². The SMILES string of the molecule is CC.CC.CC.CCCSC.CN. The van der Waals surface area contributed by atoms with Crippen molar-refractivity contribution >= 4 is 11.8 Å². The van der Waals surface area contributed by atoms with Crippen molar-refractivity contribution in [3.05, 3.63) is 0 Å². The quantitative estimate of drug-likeness (QED) is 0.732. The molecule has 13 heavy (non-hydrogen) atoms. The second kappa shape index (κ2) is 144. The summed E-state index contributed by atoms with van der Waals surface area (Å²) in [5, 5.41) is 0. The van der Waals surface area contributed by atoms with Gasteiger partial charge in [-0.05, 0) is 25.5 Å². The Bertz CT molecular complexity index is 17.6. The number of nitrogens with two attached hydrogens (primary N) is 1. The van der Waals surface area contributed by atoms with Gasteiger partial charge in [0, 0.05) is 0 Å². The highest BCUT2D eigenvalue weighted by Gasteiger charge is 1.67. The molecule has 0 unspecified atom stereocenters. The average molecular weight is 211 g/mol. The largest absolute Gasteiger partial charge is 0.333 e. The maximum absolute atomic E-state index is 4.50. The highest BCUT2D eigenvalue weighted by Crippen LogP contribution is 1.91. The molecule has 2 heteroatoms. The normalized spacial score (nSPS) is 5.08. The first kappa shape index (κ1) is 29.2. The van der Waals surface area contributed by atoms with Crippen LogP contribution in [-0.2, 0) is 0 Å². The molecule has 0 saturated heterocycles. The van der Waals surface area contributed by atoms with Gasteiger partial charge in [0.25, 0.3) is 0 Å². The predicted molar refractivity (Wildman–Crippen MR) is 72.8 cm³/mol. The molecule has 0 fully saturated rings. The zero-order valence-corrected chi connectivity index (χ0v) is 12.2. The standard InChI is InChI=1S/C4H10S.3C2H6.CH5N/c1-3-4-5-2;4*1-2/h3-4H2,1-2H3;3*1-2H3;2H2,1H3. The maximum atomic E-state index is 4.50. The molecule has 0 amide bonds. The fourth-order valence-electron chi connectivity index (χ4n) is 0.204. The predicted octanol–water partition coefficient (Wildman–Crippen LogP) is 4.41. The second-order valence-electron chi connectivity index (χ2n) is 0.993. The summed E-state index contributed by atoms with van der Waals surface area (Å²) in [6.07, 6.45) is 3.44. The van der Waals surface area contributed by atoms with Crippen LogP contribution in [0.2, 0.25) is 0 Å². The van der Waals surface area contributed by atoms with Crippen LogP contribution in [0.15, 0.2) is 0 Å². The van der Waals surface area contributed by atoms with E-state index in [2.05, 4.69) is 18.9 Å². The van der Waals surface area contributed by atoms with Crippen LogP contribution in [0.25, 0.3) is 0 Å². The number of hydrogen-bond acceptors (Lipinski definition) is 2. The van der Waals surface area contributed by atoms with E-state index in [0.29, 0.717) is 0 Å². The monoisotopic (exact) mass is 211 g/mol. The Labute approximate surface area is 91.9 Å². The Morgan fingerprint density at radius 2 is 1.08 bits per heavy atom. The molecule has 0 aromatic heterocycles. The molecular weight excluding hydrogens is 178 g/mol. The van der Waals surface area contributed by atoms with Crippen LogP contribution in [0.5, 0.6) is 0 Å². The number of hydrogen-bond donors (Lipinski definition) is 1. The molecule has 0 aromatic rings. The minimum atomic E-state index is 1.31. The van der Waals surface area contributed by atoms with Crippen LogP contribution in [0.1, 0.15) is 54.9 Å². The van der Waals surface area contributed by atoms with Crippen molar-refractivity contribution in [3.63, 3.8) is 0 Å². The van der Waals surface area contributed by atoms with Crippen molar-refractivity contribution in [3.8, 4) is 0 Å². The third-order valence-corrected chi connectivity index (χ3v) is 1.22. The van der Waals surface area contributed by atoms with E-state index in [0.717, 1.165) is 0 Å². The summed E-state index contributed by atoms with van der Waals surface area (Å²) in [6, 6.07) is 0. The molecule has 0 atom stereocenters. The fraction of sp³-hybridized carbons (Fsp3) is 1.00. The second-order valence-corrected chi connectivity index (χ2v) is 1.98. The van der Waals surface area contributed by atoms with Crippen molar-refractivity contribution in [2.45, 2.75) is 54.9 Å². The first-order valence-electron chi connectivity index (χ1n) is 5.48. The van der Waals surface area contributed by atoms with Gasteiger partial charge in [-0.15, -0.1) is 0 Å². The molecule has 1 nitrogen and oxygen atoms in total. The van der Waals surface area contributed by atoms with Gasteiger partial charge in [0.15, 0.2) is 0 Å². The van der Waals surface area contributed by atoms with E-state index in [9.17, 15) is 0 Å². The smallest absolute Gasteiger partial charge is 0.00729 e. The molecule has 0 aliphatic heterocycles. The van der Waals surface area contributed by atoms with E-state index in [-0.39, 0.29) is 0 Å². The minimum absolute atomic E-state index is 1.31. The fourth-order valence-corrected chi connectivity index (χ4v) is 0.612. The summed E-state index contributed by atoms with van der Waals surface area (Å²) >= 11 is 1.90. The van der Waals surface area contributed by atoms with Gasteiger partial charge >= 0.3 is 0 Å². The van der Waals surface area contributed by atoms with Gasteiger partial charge < -0.3 is 5.73 Å². The minimum Gasteiger partial charge on any atom is -0.333 e. The lowest BCUT2D eigenvalue weighted by Gasteiger charge is -1.80. The van der Waals surface area contributed by atoms with Crippen molar-refractivity contribution in [1.82, 2.24) is 0 Å². The molecule has 0 saturated carbocycles. The molecule has 2 N–H and O–H groups in total. The number of thioether (sulfide) groups is 1. The summed E-state index contributed by atoms with van der Waals surface area (Å²) in [5.41, 5.74) is 4.50. The van der Waals surface area contributed by atoms with E-state index in [4.69, 9.17) is 0 Å². The Hall–Kier alpha value is 0.310. The first-order chi connectivity index (χ1) is 6.41. The van der Waals surface area contributed by atoms with Crippen molar-refractivity contribution < 1.29 is 0 Å². The molecule has 0 radical (unpaired) electrons. The molecule has 0 aromatic carbocycles. The molecule has 0 heterocycles. The lowest BCUT2D eigenvalue weighted by Crippen LogP contribution is -1.69. The highest BCUT2D eigenvalue weighted by atomic mass is 32.2. The van der Waals surface area contributed by atoms with Crippen LogP contribution >= 0.6 is 11.8 Å². The van der Waals surface area contributed by atoms with Crippen LogP contribution in [0, 0.1) is 0 Å². The van der Waals surface area contributed by atoms with Gasteiger partial charge in [0.1, 0.15) is 0 Å². The van der Waals surface area contributed by atoms with E-state index in [1.807, 2.05) is 53.3 Å². The molecule has 0 aliphatic carbocycles. The van der Waals surface area contributed by atoms with E-state index in [1.54, 1.807) is 0 Å². The summed E-state index contributed by atoms with van der Waals surface area (Å²) in [6.45, 7) is 14.2. The lowest BCUT2D eigenvalue weighted by atomic mass is 10.6. The van der Waals surface area contributed by atoms with Gasteiger partial charge in [0.2, 0.25) is 0 Å². The Kier molecular flexibility index (Phi) is 323. The first-order valence-corrected chi connectivity index (χ1v) is 6.88. The van der Waals surface area contributed by atoms with Crippen LogP contribution in [0.4, 0.5) is 0 Å². The van der Waals surface area contributed by atoms with E-state index < -0.39 is 0 Å². The maximum Gasteiger partial charge on any atom is -0.00729 e. The zero-order chi connectivity index (χ0) is 12.1. The summed E-state index contributed by atoms with van der Waals surface area (Å²) in [5.74, 6) is 1.31. The van der Waals surface area contributed by atoms with Gasteiger partial charge in [-0.2, -0.15) is 11.8 Å². The molecular formula is C11H33NS. The zero-order valence-electron chi connectivity index (χ0n) is 11.4. The topological polar surface area (TPSA) is 26.0 Å². The number of rotatable bonds is 2. The molecule has 0 aliphatic rings. The van der Waals surface area contributed by atoms with Crippen LogP contribution in [-0.4, -0.2) is 19.1 Å². The van der Waals surface area contributed by atoms with E-state index >= 15 is 0 Å². The van der Waals surface area contributed by atoms with Crippen molar-refractivity contribution in [2.75, 3.05) is 19.1 Å².